The van der Waals surface area contributed by atoms with Crippen LogP contribution in [-0.4, -0.2) is 7.05 Å². The summed E-state index contributed by atoms with van der Waals surface area (Å²) >= 11 is 2.13. The third-order valence-electron chi connectivity index (χ3n) is 2.39. The molecule has 16 heavy (non-hydrogen) atoms. The van der Waals surface area contributed by atoms with Gasteiger partial charge in [0, 0.05) is 3.57 Å². The minimum Gasteiger partial charge on any atom is -0.467 e. The molecule has 2 nitrogen and oxygen atoms in total. The van der Waals surface area contributed by atoms with E-state index in [2.05, 4.69) is 27.9 Å². The molecule has 1 aromatic heterocycles. The van der Waals surface area contributed by atoms with Crippen molar-refractivity contribution in [3.63, 3.8) is 0 Å². The van der Waals surface area contributed by atoms with Gasteiger partial charge in [-0.3, -0.25) is 0 Å². The highest BCUT2D eigenvalue weighted by Gasteiger charge is 2.17. The molecular formula is C12H11FINO. The second-order valence-corrected chi connectivity index (χ2v) is 4.57. The van der Waals surface area contributed by atoms with Crippen molar-refractivity contribution >= 4 is 22.6 Å². The van der Waals surface area contributed by atoms with Crippen molar-refractivity contribution in [1.82, 2.24) is 5.32 Å². The minimum absolute atomic E-state index is 0.0394. The van der Waals surface area contributed by atoms with Crippen molar-refractivity contribution in [2.75, 3.05) is 7.05 Å². The van der Waals surface area contributed by atoms with E-state index in [1.54, 1.807) is 12.3 Å². The van der Waals surface area contributed by atoms with E-state index in [4.69, 9.17) is 4.42 Å². The minimum atomic E-state index is -0.220. The van der Waals surface area contributed by atoms with Gasteiger partial charge in [0.1, 0.15) is 11.6 Å². The Morgan fingerprint density at radius 3 is 2.75 bits per heavy atom. The van der Waals surface area contributed by atoms with E-state index in [0.29, 0.717) is 0 Å². The van der Waals surface area contributed by atoms with Crippen LogP contribution in [0, 0.1) is 9.39 Å². The Hall–Kier alpha value is -0.880. The van der Waals surface area contributed by atoms with Crippen molar-refractivity contribution < 1.29 is 8.81 Å². The maximum absolute atomic E-state index is 13.0. The van der Waals surface area contributed by atoms with Gasteiger partial charge in [0.2, 0.25) is 0 Å². The molecule has 0 radical (unpaired) electrons. The summed E-state index contributed by atoms with van der Waals surface area (Å²) in [5.74, 6) is 0.606. The quantitative estimate of drug-likeness (QED) is 0.873. The molecule has 0 aliphatic rings. The second-order valence-electron chi connectivity index (χ2n) is 3.40. The van der Waals surface area contributed by atoms with Gasteiger partial charge in [-0.2, -0.15) is 0 Å². The van der Waals surface area contributed by atoms with Crippen LogP contribution in [0.1, 0.15) is 17.4 Å². The summed E-state index contributed by atoms with van der Waals surface area (Å²) in [4.78, 5) is 0. The molecular weight excluding hydrogens is 320 g/mol. The Balaban J connectivity index is 2.41. The molecule has 1 atom stereocenters. The molecule has 0 bridgehead atoms. The molecule has 0 aliphatic heterocycles. The third-order valence-corrected chi connectivity index (χ3v) is 3.32. The summed E-state index contributed by atoms with van der Waals surface area (Å²) in [6, 6.07) is 8.47. The van der Waals surface area contributed by atoms with Gasteiger partial charge in [0.05, 0.1) is 12.3 Å². The molecule has 1 heterocycles. The first-order valence-corrected chi connectivity index (χ1v) is 5.96. The number of hydrogen-bond acceptors (Lipinski definition) is 2. The summed E-state index contributed by atoms with van der Waals surface area (Å²) < 4.78 is 19.3. The van der Waals surface area contributed by atoms with Gasteiger partial charge in [-0.15, -0.1) is 0 Å². The van der Waals surface area contributed by atoms with E-state index in [0.717, 1.165) is 14.9 Å². The average molecular weight is 331 g/mol. The van der Waals surface area contributed by atoms with Gasteiger partial charge in [0.15, 0.2) is 0 Å². The highest BCUT2D eigenvalue weighted by molar-refractivity contribution is 14.1. The van der Waals surface area contributed by atoms with Crippen molar-refractivity contribution in [3.8, 4) is 0 Å². The van der Waals surface area contributed by atoms with E-state index in [1.165, 1.54) is 12.1 Å². The fourth-order valence-corrected chi connectivity index (χ4v) is 2.43. The van der Waals surface area contributed by atoms with Crippen LogP contribution in [-0.2, 0) is 0 Å². The van der Waals surface area contributed by atoms with E-state index in [9.17, 15) is 4.39 Å². The molecule has 1 N–H and O–H groups in total. The number of furan rings is 1. The normalized spacial score (nSPS) is 12.7. The highest BCUT2D eigenvalue weighted by Crippen LogP contribution is 2.26. The number of benzene rings is 1. The lowest BCUT2D eigenvalue weighted by molar-refractivity contribution is 0.462. The lowest BCUT2D eigenvalue weighted by Gasteiger charge is -2.15. The number of rotatable bonds is 3. The largest absolute Gasteiger partial charge is 0.467 e. The van der Waals surface area contributed by atoms with E-state index in [-0.39, 0.29) is 11.9 Å². The van der Waals surface area contributed by atoms with Crippen LogP contribution in [0.5, 0.6) is 0 Å². The van der Waals surface area contributed by atoms with Gasteiger partial charge in [-0.1, -0.05) is 6.07 Å². The summed E-state index contributed by atoms with van der Waals surface area (Å²) in [5, 5.41) is 3.16. The van der Waals surface area contributed by atoms with E-state index >= 15 is 0 Å². The third kappa shape index (κ3) is 2.27. The van der Waals surface area contributed by atoms with Gasteiger partial charge in [0.25, 0.3) is 0 Å². The number of hydrogen-bond donors (Lipinski definition) is 1. The Bertz CT molecular complexity index is 470. The molecule has 2 aromatic rings. The molecule has 1 aromatic carbocycles. The smallest absolute Gasteiger partial charge is 0.125 e. The second kappa shape index (κ2) is 4.97. The van der Waals surface area contributed by atoms with Crippen LogP contribution >= 0.6 is 22.6 Å². The molecule has 0 saturated carbocycles. The van der Waals surface area contributed by atoms with Crippen LogP contribution in [0.4, 0.5) is 4.39 Å². The summed E-state index contributed by atoms with van der Waals surface area (Å²) in [6.07, 6.45) is 1.63. The Morgan fingerprint density at radius 2 is 2.19 bits per heavy atom. The van der Waals surface area contributed by atoms with Crippen molar-refractivity contribution in [2.24, 2.45) is 0 Å². The first-order chi connectivity index (χ1) is 7.72. The lowest BCUT2D eigenvalue weighted by Crippen LogP contribution is -2.18. The summed E-state index contributed by atoms with van der Waals surface area (Å²) in [5.41, 5.74) is 1.01. The molecule has 0 aliphatic carbocycles. The van der Waals surface area contributed by atoms with Crippen LogP contribution in [0.25, 0.3) is 0 Å². The molecule has 0 amide bonds. The zero-order valence-electron chi connectivity index (χ0n) is 8.71. The van der Waals surface area contributed by atoms with Crippen molar-refractivity contribution in [2.45, 2.75) is 6.04 Å². The molecule has 2 rings (SSSR count). The highest BCUT2D eigenvalue weighted by atomic mass is 127. The van der Waals surface area contributed by atoms with E-state index in [1.807, 2.05) is 19.2 Å². The maximum Gasteiger partial charge on any atom is 0.125 e. The molecule has 0 spiro atoms. The van der Waals surface area contributed by atoms with Crippen LogP contribution in [0.2, 0.25) is 0 Å². The Morgan fingerprint density at radius 1 is 1.38 bits per heavy atom. The average Bonchev–Trinajstić information content (AvgIpc) is 2.75. The zero-order valence-corrected chi connectivity index (χ0v) is 10.9. The van der Waals surface area contributed by atoms with Crippen molar-refractivity contribution in [3.05, 3.63) is 57.3 Å². The molecule has 1 unspecified atom stereocenters. The Labute approximate surface area is 107 Å². The lowest BCUT2D eigenvalue weighted by atomic mass is 10.0. The zero-order chi connectivity index (χ0) is 11.5. The fourth-order valence-electron chi connectivity index (χ4n) is 1.64. The monoisotopic (exact) mass is 331 g/mol. The summed E-state index contributed by atoms with van der Waals surface area (Å²) in [7, 11) is 1.85. The first kappa shape index (κ1) is 11.6. The fraction of sp³-hybridized carbons (Fsp3) is 0.167. The Kier molecular flexibility index (Phi) is 3.60. The van der Waals surface area contributed by atoms with Gasteiger partial charge < -0.3 is 9.73 Å². The van der Waals surface area contributed by atoms with Gasteiger partial charge >= 0.3 is 0 Å². The van der Waals surface area contributed by atoms with Crippen molar-refractivity contribution in [1.29, 1.82) is 0 Å². The van der Waals surface area contributed by atoms with Crippen LogP contribution in [0.15, 0.2) is 41.0 Å². The van der Waals surface area contributed by atoms with E-state index < -0.39 is 0 Å². The van der Waals surface area contributed by atoms with Gasteiger partial charge in [-0.05, 0) is 59.5 Å². The van der Waals surface area contributed by atoms with Crippen LogP contribution < -0.4 is 5.32 Å². The summed E-state index contributed by atoms with van der Waals surface area (Å²) in [6.45, 7) is 0. The number of halogens is 2. The molecule has 0 saturated heterocycles. The molecule has 0 fully saturated rings. The predicted molar refractivity (Wildman–Crippen MR) is 68.7 cm³/mol. The van der Waals surface area contributed by atoms with Gasteiger partial charge in [-0.25, -0.2) is 4.39 Å². The van der Waals surface area contributed by atoms with Crippen LogP contribution in [0.3, 0.4) is 0 Å². The first-order valence-electron chi connectivity index (χ1n) is 4.88. The SMILES string of the molecule is CNC(c1ccco1)c1ccc(F)cc1I. The predicted octanol–water partition coefficient (Wildman–Crippen LogP) is 3.33. The topological polar surface area (TPSA) is 25.2 Å². The molecule has 84 valence electrons. The molecule has 4 heteroatoms. The maximum atomic E-state index is 13.0. The number of nitrogens with one attached hydrogen (secondary N) is 1. The standard InChI is InChI=1S/C12H11FINO/c1-15-12(11-3-2-6-16-11)9-5-4-8(13)7-10(9)14/h2-7,12,15H,1H3.